The highest BCUT2D eigenvalue weighted by atomic mass is 32.2. The Morgan fingerprint density at radius 3 is 2.96 bits per heavy atom. The van der Waals surface area contributed by atoms with Crippen molar-refractivity contribution < 1.29 is 9.90 Å². The van der Waals surface area contributed by atoms with Gasteiger partial charge in [0, 0.05) is 22.4 Å². The third-order valence-electron chi connectivity index (χ3n) is 3.74. The molecule has 3 rings (SSSR count). The second-order valence-corrected chi connectivity index (χ2v) is 6.11. The summed E-state index contributed by atoms with van der Waals surface area (Å²) in [6.45, 7) is 3.53. The molecule has 8 nitrogen and oxygen atoms in total. The van der Waals surface area contributed by atoms with E-state index < -0.39 is 18.1 Å². The first kappa shape index (κ1) is 16.1. The zero-order chi connectivity index (χ0) is 17.3. The van der Waals surface area contributed by atoms with E-state index in [0.29, 0.717) is 22.1 Å². The van der Waals surface area contributed by atoms with Gasteiger partial charge in [-0.25, -0.2) is 9.79 Å². The standard InChI is InChI=1S/C15H14N6O2S/c1-8-7-24-15-18-12(9(2)19-20-16)11(10-5-3-4-6-17-10)13(14(22)23)21(8)15/h3-7,9,13H,1-2H3,(H,22,23). The van der Waals surface area contributed by atoms with Crippen LogP contribution in [0.15, 0.2) is 51.3 Å². The van der Waals surface area contributed by atoms with Crippen LogP contribution < -0.4 is 0 Å². The maximum Gasteiger partial charge on any atom is 0.331 e. The highest BCUT2D eigenvalue weighted by molar-refractivity contribution is 8.16. The zero-order valence-electron chi connectivity index (χ0n) is 13.0. The number of hydrogen-bond donors (Lipinski definition) is 1. The lowest BCUT2D eigenvalue weighted by Gasteiger charge is -2.34. The maximum absolute atomic E-state index is 12.1. The van der Waals surface area contributed by atoms with Crippen molar-refractivity contribution >= 4 is 28.5 Å². The number of aliphatic imine (C=N–C) groups is 1. The largest absolute Gasteiger partial charge is 0.479 e. The molecule has 0 saturated heterocycles. The summed E-state index contributed by atoms with van der Waals surface area (Å²) >= 11 is 1.35. The van der Waals surface area contributed by atoms with E-state index in [1.54, 1.807) is 36.2 Å². The minimum Gasteiger partial charge on any atom is -0.479 e. The molecule has 1 aromatic heterocycles. The first-order chi connectivity index (χ1) is 11.5. The molecule has 0 saturated carbocycles. The molecule has 2 unspecified atom stereocenters. The molecule has 0 fully saturated rings. The van der Waals surface area contributed by atoms with Crippen molar-refractivity contribution in [3.05, 3.63) is 57.3 Å². The number of carbonyl (C=O) groups is 1. The molecular weight excluding hydrogens is 328 g/mol. The quantitative estimate of drug-likeness (QED) is 0.512. The molecule has 0 amide bonds. The van der Waals surface area contributed by atoms with Gasteiger partial charge < -0.3 is 10.0 Å². The number of carboxylic acid groups (broad SMARTS) is 1. The number of aromatic nitrogens is 1. The van der Waals surface area contributed by atoms with Crippen molar-refractivity contribution in [2.75, 3.05) is 0 Å². The Balaban J connectivity index is 2.27. The van der Waals surface area contributed by atoms with Gasteiger partial charge in [-0.3, -0.25) is 4.98 Å². The Hall–Kier alpha value is -2.77. The molecule has 2 aliphatic heterocycles. The van der Waals surface area contributed by atoms with Gasteiger partial charge in [-0.15, -0.1) is 0 Å². The van der Waals surface area contributed by atoms with Gasteiger partial charge in [0.15, 0.2) is 11.2 Å². The molecule has 0 aliphatic carbocycles. The number of nitrogens with zero attached hydrogens (tertiary/aromatic N) is 6. The van der Waals surface area contributed by atoms with E-state index in [9.17, 15) is 9.90 Å². The predicted octanol–water partition coefficient (Wildman–Crippen LogP) is 3.22. The monoisotopic (exact) mass is 342 g/mol. The van der Waals surface area contributed by atoms with E-state index >= 15 is 0 Å². The number of azide groups is 1. The van der Waals surface area contributed by atoms with Crippen LogP contribution in [0.1, 0.15) is 19.5 Å². The number of fused-ring (bicyclic) bond motifs is 1. The van der Waals surface area contributed by atoms with Crippen LogP contribution in [0.2, 0.25) is 0 Å². The number of allylic oxidation sites excluding steroid dienone is 1. The SMILES string of the molecule is CC1=CSC2=NC(C(C)N=[N+]=[N-])=C(c3ccccn3)C(C(=O)O)N12. The third kappa shape index (κ3) is 2.64. The Morgan fingerprint density at radius 2 is 2.33 bits per heavy atom. The minimum absolute atomic E-state index is 0.431. The lowest BCUT2D eigenvalue weighted by Crippen LogP contribution is -2.45. The van der Waals surface area contributed by atoms with Crippen LogP contribution >= 0.6 is 11.8 Å². The molecule has 0 bridgehead atoms. The molecule has 1 aromatic rings. The molecule has 0 spiro atoms. The average Bonchev–Trinajstić information content (AvgIpc) is 2.95. The van der Waals surface area contributed by atoms with E-state index in [-0.39, 0.29) is 0 Å². The highest BCUT2D eigenvalue weighted by Crippen LogP contribution is 2.40. The third-order valence-corrected chi connectivity index (χ3v) is 4.70. The number of thioether (sulfide) groups is 1. The van der Waals surface area contributed by atoms with Crippen molar-refractivity contribution in [2.24, 2.45) is 10.1 Å². The Labute approximate surface area is 142 Å². The average molecular weight is 342 g/mol. The van der Waals surface area contributed by atoms with Gasteiger partial charge in [-0.05, 0) is 30.0 Å². The van der Waals surface area contributed by atoms with E-state index in [4.69, 9.17) is 5.53 Å². The van der Waals surface area contributed by atoms with Crippen LogP contribution in [0.4, 0.5) is 0 Å². The van der Waals surface area contributed by atoms with E-state index in [2.05, 4.69) is 20.0 Å². The van der Waals surface area contributed by atoms with Crippen molar-refractivity contribution in [2.45, 2.75) is 25.9 Å². The van der Waals surface area contributed by atoms with Gasteiger partial charge in [-0.1, -0.05) is 29.9 Å². The molecule has 2 aliphatic rings. The number of rotatable bonds is 4. The fourth-order valence-corrected chi connectivity index (χ4v) is 3.61. The van der Waals surface area contributed by atoms with Crippen molar-refractivity contribution in [1.29, 1.82) is 0 Å². The lowest BCUT2D eigenvalue weighted by atomic mass is 9.95. The van der Waals surface area contributed by atoms with Crippen LogP contribution in [0, 0.1) is 0 Å². The normalized spacial score (nSPS) is 20.8. The summed E-state index contributed by atoms with van der Waals surface area (Å²) in [5.41, 5.74) is 10.9. The van der Waals surface area contributed by atoms with Crippen LogP contribution in [-0.2, 0) is 4.79 Å². The van der Waals surface area contributed by atoms with Gasteiger partial charge in [0.1, 0.15) is 0 Å². The molecule has 2 atom stereocenters. The van der Waals surface area contributed by atoms with Crippen molar-refractivity contribution in [3.8, 4) is 0 Å². The second-order valence-electron chi connectivity index (χ2n) is 5.28. The molecule has 0 radical (unpaired) electrons. The molecule has 122 valence electrons. The molecule has 0 aromatic carbocycles. The molecule has 24 heavy (non-hydrogen) atoms. The zero-order valence-corrected chi connectivity index (χ0v) is 13.8. The minimum atomic E-state index is -1.01. The van der Waals surface area contributed by atoms with Gasteiger partial charge in [0.2, 0.25) is 0 Å². The lowest BCUT2D eigenvalue weighted by molar-refractivity contribution is -0.139. The molecular formula is C15H14N6O2S. The van der Waals surface area contributed by atoms with Gasteiger partial charge in [0.25, 0.3) is 0 Å². The van der Waals surface area contributed by atoms with Crippen LogP contribution in [0.3, 0.4) is 0 Å². The van der Waals surface area contributed by atoms with Gasteiger partial charge in [0.05, 0.1) is 17.4 Å². The summed E-state index contributed by atoms with van der Waals surface area (Å²) in [7, 11) is 0. The number of aliphatic carboxylic acids is 1. The maximum atomic E-state index is 12.1. The topological polar surface area (TPSA) is 115 Å². The summed E-state index contributed by atoms with van der Waals surface area (Å²) in [5.74, 6) is -1.01. The number of hydrogen-bond acceptors (Lipinski definition) is 6. The van der Waals surface area contributed by atoms with Gasteiger partial charge >= 0.3 is 5.97 Å². The summed E-state index contributed by atoms with van der Waals surface area (Å²) in [6.07, 6.45) is 1.59. The Morgan fingerprint density at radius 1 is 1.54 bits per heavy atom. The van der Waals surface area contributed by atoms with Crippen molar-refractivity contribution in [1.82, 2.24) is 9.88 Å². The smallest absolute Gasteiger partial charge is 0.331 e. The fourth-order valence-electron chi connectivity index (χ4n) is 2.71. The van der Waals surface area contributed by atoms with Crippen LogP contribution in [0.25, 0.3) is 16.0 Å². The van der Waals surface area contributed by atoms with Crippen LogP contribution in [-0.4, -0.2) is 38.2 Å². The number of carboxylic acids is 1. The predicted molar refractivity (Wildman–Crippen MR) is 91.8 cm³/mol. The second kappa shape index (κ2) is 6.38. The molecule has 3 heterocycles. The molecule has 1 N–H and O–H groups in total. The van der Waals surface area contributed by atoms with Crippen molar-refractivity contribution in [3.63, 3.8) is 0 Å². The number of amidine groups is 1. The first-order valence-corrected chi connectivity index (χ1v) is 8.06. The first-order valence-electron chi connectivity index (χ1n) is 7.18. The van der Waals surface area contributed by atoms with E-state index in [1.165, 1.54) is 11.8 Å². The van der Waals surface area contributed by atoms with E-state index in [0.717, 1.165) is 5.70 Å². The summed E-state index contributed by atoms with van der Waals surface area (Å²) in [5, 5.41) is 16.0. The Kier molecular flexibility index (Phi) is 4.28. The van der Waals surface area contributed by atoms with Crippen LogP contribution in [0.5, 0.6) is 0 Å². The summed E-state index contributed by atoms with van der Waals surface area (Å²) in [6, 6.07) is 3.70. The molecule has 9 heteroatoms. The summed E-state index contributed by atoms with van der Waals surface area (Å²) in [4.78, 5) is 25.4. The Bertz CT molecular complexity index is 826. The van der Waals surface area contributed by atoms with E-state index in [1.807, 2.05) is 12.3 Å². The van der Waals surface area contributed by atoms with Gasteiger partial charge in [-0.2, -0.15) is 0 Å². The fraction of sp³-hybridized carbons (Fsp3) is 0.267. The highest BCUT2D eigenvalue weighted by Gasteiger charge is 2.42. The number of pyridine rings is 1. The summed E-state index contributed by atoms with van der Waals surface area (Å²) < 4.78 is 0.